The van der Waals surface area contributed by atoms with Crippen molar-refractivity contribution in [1.29, 1.82) is 0 Å². The number of amides is 1. The van der Waals surface area contributed by atoms with Crippen molar-refractivity contribution in [3.8, 4) is 22.9 Å². The standard InChI is InChI=1S/C36H34ClN5O6/c1-6-47-32-15-23(5)28(18-27(32)21(2)3)35-40-30-14-10-8-12-26(30)36(44)41(35)38-19-24-16-25(37)17-31(42(45)46)34(24)48-20-33(43)39-29-13-9-7-11-22(29)4/h7-19,21H,6,20H2,1-5H3,(H,39,43). The van der Waals surface area contributed by atoms with E-state index in [1.165, 1.54) is 12.3 Å². The lowest BCUT2D eigenvalue weighted by atomic mass is 9.96. The smallest absolute Gasteiger partial charge is 0.313 e. The highest BCUT2D eigenvalue weighted by atomic mass is 35.5. The second-order valence-electron chi connectivity index (χ2n) is 11.4. The number of aryl methyl sites for hydroxylation is 2. The molecule has 0 aliphatic carbocycles. The van der Waals surface area contributed by atoms with Crippen molar-refractivity contribution >= 4 is 46.0 Å². The summed E-state index contributed by atoms with van der Waals surface area (Å²) in [5, 5.41) is 19.7. The first-order valence-electron chi connectivity index (χ1n) is 15.3. The summed E-state index contributed by atoms with van der Waals surface area (Å²) >= 11 is 6.29. The fourth-order valence-electron chi connectivity index (χ4n) is 5.22. The number of carbonyl (C=O) groups is 1. The Balaban J connectivity index is 1.63. The van der Waals surface area contributed by atoms with Crippen molar-refractivity contribution in [1.82, 2.24) is 9.66 Å². The second-order valence-corrected chi connectivity index (χ2v) is 11.8. The first-order chi connectivity index (χ1) is 23.0. The molecule has 0 aliphatic rings. The summed E-state index contributed by atoms with van der Waals surface area (Å²) < 4.78 is 12.8. The number of ether oxygens (including phenoxy) is 2. The van der Waals surface area contributed by atoms with Gasteiger partial charge in [0.1, 0.15) is 5.75 Å². The minimum atomic E-state index is -0.663. The van der Waals surface area contributed by atoms with Crippen LogP contribution in [0.3, 0.4) is 0 Å². The summed E-state index contributed by atoms with van der Waals surface area (Å²) in [6.45, 7) is 9.70. The van der Waals surface area contributed by atoms with Gasteiger partial charge in [-0.3, -0.25) is 19.7 Å². The molecule has 1 aromatic heterocycles. The lowest BCUT2D eigenvalue weighted by Gasteiger charge is -2.18. The number of benzene rings is 4. The van der Waals surface area contributed by atoms with Crippen LogP contribution in [0, 0.1) is 24.0 Å². The molecule has 1 heterocycles. The van der Waals surface area contributed by atoms with Crippen molar-refractivity contribution in [2.24, 2.45) is 5.10 Å². The maximum Gasteiger partial charge on any atom is 0.313 e. The van der Waals surface area contributed by atoms with E-state index in [1.807, 2.05) is 58.9 Å². The number of nitro benzene ring substituents is 1. The number of nitro groups is 1. The van der Waals surface area contributed by atoms with E-state index in [9.17, 15) is 19.7 Å². The van der Waals surface area contributed by atoms with Crippen molar-refractivity contribution in [3.63, 3.8) is 0 Å². The monoisotopic (exact) mass is 667 g/mol. The van der Waals surface area contributed by atoms with Crippen LogP contribution < -0.4 is 20.3 Å². The van der Waals surface area contributed by atoms with E-state index in [-0.39, 0.29) is 28.1 Å². The lowest BCUT2D eigenvalue weighted by Crippen LogP contribution is -2.22. The molecule has 246 valence electrons. The summed E-state index contributed by atoms with van der Waals surface area (Å²) in [6.07, 6.45) is 1.24. The molecule has 1 N–H and O–H groups in total. The summed E-state index contributed by atoms with van der Waals surface area (Å²) in [7, 11) is 0. The van der Waals surface area contributed by atoms with Gasteiger partial charge in [0.2, 0.25) is 5.75 Å². The van der Waals surface area contributed by atoms with Gasteiger partial charge in [0.15, 0.2) is 12.4 Å². The van der Waals surface area contributed by atoms with Gasteiger partial charge in [0.25, 0.3) is 11.5 Å². The lowest BCUT2D eigenvalue weighted by molar-refractivity contribution is -0.385. The van der Waals surface area contributed by atoms with Gasteiger partial charge >= 0.3 is 5.69 Å². The maximum atomic E-state index is 14.0. The molecule has 0 radical (unpaired) electrons. The molecule has 0 saturated carbocycles. The molecule has 1 amide bonds. The highest BCUT2D eigenvalue weighted by molar-refractivity contribution is 6.31. The number of nitrogens with zero attached hydrogens (tertiary/aromatic N) is 4. The molecule has 48 heavy (non-hydrogen) atoms. The number of anilines is 1. The summed E-state index contributed by atoms with van der Waals surface area (Å²) in [5.41, 5.74) is 3.44. The second kappa shape index (κ2) is 14.5. The predicted molar refractivity (Wildman–Crippen MR) is 188 cm³/mol. The minimum absolute atomic E-state index is 0.0352. The van der Waals surface area contributed by atoms with E-state index in [4.69, 9.17) is 26.1 Å². The third kappa shape index (κ3) is 7.21. The van der Waals surface area contributed by atoms with Crippen molar-refractivity contribution in [3.05, 3.63) is 121 Å². The molecular formula is C36H34ClN5O6. The zero-order valence-electron chi connectivity index (χ0n) is 27.1. The Morgan fingerprint density at radius 1 is 1.06 bits per heavy atom. The number of rotatable bonds is 11. The van der Waals surface area contributed by atoms with Crippen LogP contribution in [0.15, 0.2) is 82.7 Å². The Hall–Kier alpha value is -5.55. The molecule has 12 heteroatoms. The van der Waals surface area contributed by atoms with Crippen LogP contribution in [0.5, 0.6) is 11.5 Å². The zero-order chi connectivity index (χ0) is 34.5. The average Bonchev–Trinajstić information content (AvgIpc) is 3.04. The van der Waals surface area contributed by atoms with Gasteiger partial charge in [-0.2, -0.15) is 9.78 Å². The number of nitrogens with one attached hydrogen (secondary N) is 1. The predicted octanol–water partition coefficient (Wildman–Crippen LogP) is 7.66. The minimum Gasteiger partial charge on any atom is -0.494 e. The van der Waals surface area contributed by atoms with E-state index in [0.29, 0.717) is 28.8 Å². The molecule has 4 aromatic carbocycles. The average molecular weight is 668 g/mol. The van der Waals surface area contributed by atoms with Crippen LogP contribution in [0.25, 0.3) is 22.3 Å². The Labute approximate surface area is 282 Å². The normalized spacial score (nSPS) is 11.3. The molecule has 0 bridgehead atoms. The Bertz CT molecular complexity index is 2130. The third-order valence-electron chi connectivity index (χ3n) is 7.61. The topological polar surface area (TPSA) is 138 Å². The van der Waals surface area contributed by atoms with E-state index in [1.54, 1.807) is 36.4 Å². The SMILES string of the molecule is CCOc1cc(C)c(-c2nc3ccccc3c(=O)n2N=Cc2cc(Cl)cc([N+](=O)[O-])c2OCC(=O)Nc2ccccc2C)cc1C(C)C. The number of carbonyl (C=O) groups excluding carboxylic acids is 1. The van der Waals surface area contributed by atoms with Crippen LogP contribution >= 0.6 is 11.6 Å². The molecule has 0 atom stereocenters. The Morgan fingerprint density at radius 3 is 2.50 bits per heavy atom. The molecular weight excluding hydrogens is 634 g/mol. The quantitative estimate of drug-likeness (QED) is 0.0867. The molecule has 0 unspecified atom stereocenters. The number of fused-ring (bicyclic) bond motifs is 1. The zero-order valence-corrected chi connectivity index (χ0v) is 27.9. The first-order valence-corrected chi connectivity index (χ1v) is 15.7. The fraction of sp³-hybridized carbons (Fsp3) is 0.222. The summed E-state index contributed by atoms with van der Waals surface area (Å²) in [5.74, 6) is 0.335. The van der Waals surface area contributed by atoms with Gasteiger partial charge in [-0.25, -0.2) is 4.98 Å². The van der Waals surface area contributed by atoms with Crippen LogP contribution in [-0.2, 0) is 4.79 Å². The molecule has 0 fully saturated rings. The van der Waals surface area contributed by atoms with Crippen LogP contribution in [0.4, 0.5) is 11.4 Å². The summed E-state index contributed by atoms with van der Waals surface area (Å²) in [4.78, 5) is 43.0. The van der Waals surface area contributed by atoms with Gasteiger partial charge in [0, 0.05) is 27.9 Å². The number of aromatic nitrogens is 2. The van der Waals surface area contributed by atoms with Gasteiger partial charge in [-0.05, 0) is 79.8 Å². The number of para-hydroxylation sites is 2. The van der Waals surface area contributed by atoms with Crippen LogP contribution in [0.2, 0.25) is 5.02 Å². The van der Waals surface area contributed by atoms with Gasteiger partial charge in [-0.15, -0.1) is 0 Å². The molecule has 0 aliphatic heterocycles. The van der Waals surface area contributed by atoms with Gasteiger partial charge in [0.05, 0.1) is 28.6 Å². The van der Waals surface area contributed by atoms with Gasteiger partial charge in [-0.1, -0.05) is 55.8 Å². The Kier molecular flexibility index (Phi) is 10.2. The third-order valence-corrected chi connectivity index (χ3v) is 7.83. The molecule has 0 spiro atoms. The number of hydrogen-bond donors (Lipinski definition) is 1. The molecule has 5 aromatic rings. The number of halogens is 1. The Morgan fingerprint density at radius 2 is 1.79 bits per heavy atom. The van der Waals surface area contributed by atoms with Gasteiger partial charge < -0.3 is 14.8 Å². The van der Waals surface area contributed by atoms with Crippen LogP contribution in [0.1, 0.15) is 48.9 Å². The van der Waals surface area contributed by atoms with Crippen molar-refractivity contribution in [2.75, 3.05) is 18.5 Å². The highest BCUT2D eigenvalue weighted by Gasteiger charge is 2.23. The molecule has 11 nitrogen and oxygen atoms in total. The highest BCUT2D eigenvalue weighted by Crippen LogP contribution is 2.36. The summed E-state index contributed by atoms with van der Waals surface area (Å²) in [6, 6.07) is 20.5. The molecule has 0 saturated heterocycles. The maximum absolute atomic E-state index is 14.0. The molecule has 5 rings (SSSR count). The van der Waals surface area contributed by atoms with E-state index >= 15 is 0 Å². The van der Waals surface area contributed by atoms with E-state index in [2.05, 4.69) is 10.4 Å². The van der Waals surface area contributed by atoms with Crippen LogP contribution in [-0.4, -0.2) is 39.9 Å². The first kappa shape index (κ1) is 33.8. The largest absolute Gasteiger partial charge is 0.494 e. The van der Waals surface area contributed by atoms with Crippen molar-refractivity contribution < 1.29 is 19.2 Å². The number of hydrogen-bond acceptors (Lipinski definition) is 8. The van der Waals surface area contributed by atoms with Crippen molar-refractivity contribution in [2.45, 2.75) is 40.5 Å². The van der Waals surface area contributed by atoms with E-state index < -0.39 is 28.7 Å². The fourth-order valence-corrected chi connectivity index (χ4v) is 5.44. The van der Waals surface area contributed by atoms with E-state index in [0.717, 1.165) is 33.2 Å².